The van der Waals surface area contributed by atoms with Crippen LogP contribution in [0.3, 0.4) is 0 Å². The van der Waals surface area contributed by atoms with Crippen molar-refractivity contribution in [1.29, 1.82) is 0 Å². The molecule has 0 aliphatic rings. The maximum atomic E-state index is 11.4. The predicted octanol–water partition coefficient (Wildman–Crippen LogP) is 3.84. The molecule has 3 rings (SSSR count). The largest absolute Gasteiger partial charge is 0.478 e. The zero-order valence-electron chi connectivity index (χ0n) is 12.8. The first-order valence-electron chi connectivity index (χ1n) is 7.26. The van der Waals surface area contributed by atoms with E-state index in [0.717, 1.165) is 0 Å². The van der Waals surface area contributed by atoms with E-state index in [-0.39, 0.29) is 22.4 Å². The molecule has 2 N–H and O–H groups in total. The molecular formula is C19H12O6. The monoisotopic (exact) mass is 336 g/mol. The Morgan fingerprint density at radius 1 is 0.880 bits per heavy atom. The summed E-state index contributed by atoms with van der Waals surface area (Å²) in [6.07, 6.45) is 0.528. The smallest absolute Gasteiger partial charge is 0.336 e. The quantitative estimate of drug-likeness (QED) is 0.687. The summed E-state index contributed by atoms with van der Waals surface area (Å²) in [6, 6.07) is 13.7. The van der Waals surface area contributed by atoms with Crippen LogP contribution in [0.25, 0.3) is 10.8 Å². The van der Waals surface area contributed by atoms with Gasteiger partial charge < -0.3 is 14.9 Å². The van der Waals surface area contributed by atoms with Gasteiger partial charge in [0, 0.05) is 5.39 Å². The molecule has 0 radical (unpaired) electrons. The van der Waals surface area contributed by atoms with E-state index in [1.807, 2.05) is 0 Å². The second-order valence-electron chi connectivity index (χ2n) is 5.24. The van der Waals surface area contributed by atoms with Gasteiger partial charge in [-0.15, -0.1) is 0 Å². The van der Waals surface area contributed by atoms with E-state index < -0.39 is 11.9 Å². The van der Waals surface area contributed by atoms with E-state index in [9.17, 15) is 19.5 Å². The molecule has 0 fully saturated rings. The van der Waals surface area contributed by atoms with Crippen molar-refractivity contribution in [2.45, 2.75) is 0 Å². The second-order valence-corrected chi connectivity index (χ2v) is 5.24. The number of carbonyl (C=O) groups excluding carboxylic acids is 1. The molecule has 0 bridgehead atoms. The number of hydrogen-bond acceptors (Lipinski definition) is 4. The lowest BCUT2D eigenvalue weighted by molar-refractivity contribution is 0.0687. The number of carboxylic acid groups (broad SMARTS) is 2. The molecule has 3 aromatic carbocycles. The van der Waals surface area contributed by atoms with Gasteiger partial charge in [0.25, 0.3) is 0 Å². The van der Waals surface area contributed by atoms with Gasteiger partial charge in [-0.25, -0.2) is 9.59 Å². The van der Waals surface area contributed by atoms with Crippen LogP contribution in [0.4, 0.5) is 0 Å². The summed E-state index contributed by atoms with van der Waals surface area (Å²) in [6.45, 7) is 0. The molecule has 124 valence electrons. The van der Waals surface area contributed by atoms with Gasteiger partial charge in [-0.1, -0.05) is 24.3 Å². The minimum absolute atomic E-state index is 0.00581. The van der Waals surface area contributed by atoms with E-state index in [1.54, 1.807) is 24.3 Å². The van der Waals surface area contributed by atoms with Gasteiger partial charge in [0.05, 0.1) is 16.7 Å². The molecule has 0 aromatic heterocycles. The van der Waals surface area contributed by atoms with Crippen LogP contribution >= 0.6 is 0 Å². The zero-order valence-corrected chi connectivity index (χ0v) is 12.8. The number of benzene rings is 3. The normalized spacial score (nSPS) is 10.4. The summed E-state index contributed by atoms with van der Waals surface area (Å²) >= 11 is 0. The Morgan fingerprint density at radius 2 is 1.52 bits per heavy atom. The van der Waals surface area contributed by atoms with E-state index in [1.165, 1.54) is 30.3 Å². The Bertz CT molecular complexity index is 989. The minimum Gasteiger partial charge on any atom is -0.478 e. The van der Waals surface area contributed by atoms with Crippen LogP contribution in [0.5, 0.6) is 11.5 Å². The van der Waals surface area contributed by atoms with Gasteiger partial charge in [0.15, 0.2) is 6.29 Å². The number of aldehydes is 1. The average Bonchev–Trinajstić information content (AvgIpc) is 2.62. The van der Waals surface area contributed by atoms with Crippen LogP contribution in [-0.4, -0.2) is 28.4 Å². The standard InChI is InChI=1S/C19H12O6/c20-10-12-9-16(19(23)24)14-3-1-2-4-15(14)17(12)25-13-7-5-11(6-8-13)18(21)22/h1-10H,(H,21,22)(H,23,24). The van der Waals surface area contributed by atoms with Crippen LogP contribution in [-0.2, 0) is 0 Å². The lowest BCUT2D eigenvalue weighted by Crippen LogP contribution is -2.02. The molecule has 3 aromatic rings. The highest BCUT2D eigenvalue weighted by molar-refractivity contribution is 6.09. The number of carboxylic acids is 2. The molecule has 6 heteroatoms. The summed E-state index contributed by atoms with van der Waals surface area (Å²) in [5.41, 5.74) is 0.207. The molecule has 0 saturated carbocycles. The topological polar surface area (TPSA) is 101 Å². The van der Waals surface area contributed by atoms with Gasteiger partial charge in [0.2, 0.25) is 0 Å². The number of hydrogen-bond donors (Lipinski definition) is 2. The van der Waals surface area contributed by atoms with Crippen molar-refractivity contribution in [1.82, 2.24) is 0 Å². The first kappa shape index (κ1) is 16.2. The molecule has 0 saturated heterocycles. The molecule has 0 atom stereocenters. The minimum atomic E-state index is -1.14. The van der Waals surface area contributed by atoms with E-state index >= 15 is 0 Å². The van der Waals surface area contributed by atoms with Crippen molar-refractivity contribution in [2.75, 3.05) is 0 Å². The number of fused-ring (bicyclic) bond motifs is 1. The zero-order chi connectivity index (χ0) is 18.0. The number of aromatic carboxylic acids is 2. The molecule has 0 heterocycles. The molecule has 25 heavy (non-hydrogen) atoms. The lowest BCUT2D eigenvalue weighted by atomic mass is 10.00. The summed E-state index contributed by atoms with van der Waals surface area (Å²) in [5.74, 6) is -1.65. The third kappa shape index (κ3) is 3.05. The molecule has 0 unspecified atom stereocenters. The van der Waals surface area contributed by atoms with Crippen LogP contribution in [0.2, 0.25) is 0 Å². The fourth-order valence-electron chi connectivity index (χ4n) is 2.53. The van der Waals surface area contributed by atoms with Gasteiger partial charge in [-0.3, -0.25) is 4.79 Å². The maximum Gasteiger partial charge on any atom is 0.336 e. The molecule has 0 aliphatic carbocycles. The first-order valence-corrected chi connectivity index (χ1v) is 7.26. The van der Waals surface area contributed by atoms with E-state index in [4.69, 9.17) is 9.84 Å². The lowest BCUT2D eigenvalue weighted by Gasteiger charge is -2.13. The van der Waals surface area contributed by atoms with Crippen molar-refractivity contribution in [3.05, 3.63) is 71.3 Å². The molecule has 0 spiro atoms. The highest BCUT2D eigenvalue weighted by Gasteiger charge is 2.17. The summed E-state index contributed by atoms with van der Waals surface area (Å²) in [7, 11) is 0. The van der Waals surface area contributed by atoms with Crippen molar-refractivity contribution >= 4 is 29.0 Å². The average molecular weight is 336 g/mol. The number of carbonyl (C=O) groups is 3. The Kier molecular flexibility index (Phi) is 4.18. The Morgan fingerprint density at radius 3 is 2.08 bits per heavy atom. The summed E-state index contributed by atoms with van der Waals surface area (Å²) in [4.78, 5) is 33.8. The van der Waals surface area contributed by atoms with Crippen molar-refractivity contribution in [3.63, 3.8) is 0 Å². The highest BCUT2D eigenvalue weighted by Crippen LogP contribution is 2.35. The van der Waals surface area contributed by atoms with Gasteiger partial charge >= 0.3 is 11.9 Å². The van der Waals surface area contributed by atoms with Crippen molar-refractivity contribution < 1.29 is 29.3 Å². The molecule has 0 aliphatic heterocycles. The fourth-order valence-corrected chi connectivity index (χ4v) is 2.53. The van der Waals surface area contributed by atoms with Crippen LogP contribution in [0.1, 0.15) is 31.1 Å². The molecule has 6 nitrogen and oxygen atoms in total. The molecular weight excluding hydrogens is 324 g/mol. The predicted molar refractivity (Wildman–Crippen MR) is 89.8 cm³/mol. The summed E-state index contributed by atoms with van der Waals surface area (Å²) < 4.78 is 5.77. The number of ether oxygens (including phenoxy) is 1. The Hall–Kier alpha value is -3.67. The third-order valence-corrected chi connectivity index (χ3v) is 3.70. The fraction of sp³-hybridized carbons (Fsp3) is 0. The van der Waals surface area contributed by atoms with Crippen LogP contribution in [0, 0.1) is 0 Å². The third-order valence-electron chi connectivity index (χ3n) is 3.70. The van der Waals surface area contributed by atoms with Gasteiger partial charge in [0.1, 0.15) is 11.5 Å². The number of rotatable bonds is 5. The van der Waals surface area contributed by atoms with E-state index in [0.29, 0.717) is 22.8 Å². The Labute approximate surface area is 141 Å². The van der Waals surface area contributed by atoms with E-state index in [2.05, 4.69) is 0 Å². The molecule has 0 amide bonds. The van der Waals surface area contributed by atoms with Crippen LogP contribution in [0.15, 0.2) is 54.6 Å². The van der Waals surface area contributed by atoms with Crippen molar-refractivity contribution in [3.8, 4) is 11.5 Å². The van der Waals surface area contributed by atoms with Crippen LogP contribution < -0.4 is 4.74 Å². The van der Waals surface area contributed by atoms with Gasteiger partial charge in [-0.05, 0) is 35.7 Å². The van der Waals surface area contributed by atoms with Gasteiger partial charge in [-0.2, -0.15) is 0 Å². The highest BCUT2D eigenvalue weighted by atomic mass is 16.5. The summed E-state index contributed by atoms with van der Waals surface area (Å²) in [5, 5.41) is 19.2. The maximum absolute atomic E-state index is 11.4. The first-order chi connectivity index (χ1) is 12.0. The van der Waals surface area contributed by atoms with Crippen molar-refractivity contribution in [2.24, 2.45) is 0 Å². The SMILES string of the molecule is O=Cc1cc(C(=O)O)c2ccccc2c1Oc1ccc(C(=O)O)cc1. The second kappa shape index (κ2) is 6.45. The Balaban J connectivity index is 2.15.